The summed E-state index contributed by atoms with van der Waals surface area (Å²) in [5.41, 5.74) is 1.05. The molecule has 4 rings (SSSR count). The molecule has 0 bridgehead atoms. The summed E-state index contributed by atoms with van der Waals surface area (Å²) in [5.74, 6) is 0.521. The molecule has 1 atom stereocenters. The first-order chi connectivity index (χ1) is 14.1. The Labute approximate surface area is 164 Å². The number of aryl methyl sites for hydroxylation is 1. The molecule has 3 heterocycles. The van der Waals surface area contributed by atoms with E-state index in [-0.39, 0.29) is 24.3 Å². The van der Waals surface area contributed by atoms with Gasteiger partial charge in [-0.1, -0.05) is 17.3 Å². The summed E-state index contributed by atoms with van der Waals surface area (Å²) in [6, 6.07) is 10.6. The molecule has 29 heavy (non-hydrogen) atoms. The molecule has 3 aromatic heterocycles. The second kappa shape index (κ2) is 8.01. The summed E-state index contributed by atoms with van der Waals surface area (Å²) >= 11 is 0. The largest absolute Gasteiger partial charge is 0.453 e. The number of ether oxygens (including phenoxy) is 1. The van der Waals surface area contributed by atoms with Gasteiger partial charge in [0.25, 0.3) is 11.4 Å². The number of aromatic nitrogens is 5. The van der Waals surface area contributed by atoms with Crippen LogP contribution in [0.4, 0.5) is 0 Å². The smallest absolute Gasteiger partial charge is 0.307 e. The van der Waals surface area contributed by atoms with Crippen LogP contribution in [0.5, 0.6) is 0 Å². The van der Waals surface area contributed by atoms with Gasteiger partial charge in [-0.2, -0.15) is 4.98 Å². The lowest BCUT2D eigenvalue weighted by Crippen LogP contribution is -2.14. The summed E-state index contributed by atoms with van der Waals surface area (Å²) in [7, 11) is 0. The van der Waals surface area contributed by atoms with Crippen LogP contribution in [0.1, 0.15) is 31.2 Å². The Balaban J connectivity index is 1.37. The van der Waals surface area contributed by atoms with Crippen molar-refractivity contribution >= 4 is 16.9 Å². The van der Waals surface area contributed by atoms with E-state index in [9.17, 15) is 9.59 Å². The number of fused-ring (bicyclic) bond motifs is 1. The highest BCUT2D eigenvalue weighted by Crippen LogP contribution is 2.20. The molecule has 1 N–H and O–H groups in total. The van der Waals surface area contributed by atoms with E-state index in [0.717, 1.165) is 0 Å². The van der Waals surface area contributed by atoms with Gasteiger partial charge in [-0.3, -0.25) is 14.6 Å². The summed E-state index contributed by atoms with van der Waals surface area (Å²) < 4.78 is 10.5. The standard InChI is InChI=1S/C20H17N5O4/c1-12(20-24-18(25-29-20)13-5-4-10-21-11-13)28-17(26)9-8-16-22-15-7-3-2-6-14(15)19(27)23-16/h2-7,10-12H,8-9H2,1H3,(H,22,23,27)/t12-/m0/s1. The zero-order valence-electron chi connectivity index (χ0n) is 15.5. The highest BCUT2D eigenvalue weighted by atomic mass is 16.6. The van der Waals surface area contributed by atoms with Crippen LogP contribution in [-0.4, -0.2) is 31.1 Å². The number of carbonyl (C=O) groups excluding carboxylic acids is 1. The third-order valence-corrected chi connectivity index (χ3v) is 4.25. The van der Waals surface area contributed by atoms with Crippen molar-refractivity contribution in [3.05, 3.63) is 70.9 Å². The molecule has 0 aliphatic carbocycles. The number of hydrogen-bond acceptors (Lipinski definition) is 8. The first-order valence-corrected chi connectivity index (χ1v) is 9.01. The van der Waals surface area contributed by atoms with E-state index >= 15 is 0 Å². The first-order valence-electron chi connectivity index (χ1n) is 9.01. The topological polar surface area (TPSA) is 124 Å². The quantitative estimate of drug-likeness (QED) is 0.497. The summed E-state index contributed by atoms with van der Waals surface area (Å²) in [6.07, 6.45) is 2.85. The van der Waals surface area contributed by atoms with Crippen molar-refractivity contribution in [3.8, 4) is 11.4 Å². The van der Waals surface area contributed by atoms with Gasteiger partial charge in [-0.25, -0.2) is 4.98 Å². The number of nitrogens with zero attached hydrogens (tertiary/aromatic N) is 4. The van der Waals surface area contributed by atoms with Crippen molar-refractivity contribution in [2.45, 2.75) is 25.9 Å². The van der Waals surface area contributed by atoms with Gasteiger partial charge in [0.1, 0.15) is 5.82 Å². The second-order valence-electron chi connectivity index (χ2n) is 6.36. The molecular weight excluding hydrogens is 374 g/mol. The number of esters is 1. The Hall–Kier alpha value is -3.88. The minimum Gasteiger partial charge on any atom is -0.453 e. The third-order valence-electron chi connectivity index (χ3n) is 4.25. The lowest BCUT2D eigenvalue weighted by Gasteiger charge is -2.09. The average molecular weight is 391 g/mol. The fourth-order valence-electron chi connectivity index (χ4n) is 2.79. The highest BCUT2D eigenvalue weighted by molar-refractivity contribution is 5.77. The molecule has 0 fully saturated rings. The van der Waals surface area contributed by atoms with Crippen molar-refractivity contribution in [1.82, 2.24) is 25.1 Å². The molecule has 0 amide bonds. The number of rotatable bonds is 6. The number of benzene rings is 1. The monoisotopic (exact) mass is 391 g/mol. The van der Waals surface area contributed by atoms with E-state index in [1.165, 1.54) is 0 Å². The molecule has 4 aromatic rings. The van der Waals surface area contributed by atoms with E-state index in [0.29, 0.717) is 28.1 Å². The highest BCUT2D eigenvalue weighted by Gasteiger charge is 2.19. The van der Waals surface area contributed by atoms with E-state index in [1.54, 1.807) is 55.7 Å². The van der Waals surface area contributed by atoms with Crippen LogP contribution >= 0.6 is 0 Å². The maximum Gasteiger partial charge on any atom is 0.307 e. The van der Waals surface area contributed by atoms with Crippen LogP contribution in [-0.2, 0) is 16.0 Å². The van der Waals surface area contributed by atoms with E-state index in [4.69, 9.17) is 9.26 Å². The zero-order valence-corrected chi connectivity index (χ0v) is 15.5. The summed E-state index contributed by atoms with van der Waals surface area (Å²) in [5, 5.41) is 4.39. The Bertz CT molecular complexity index is 1200. The van der Waals surface area contributed by atoms with E-state index < -0.39 is 12.1 Å². The molecule has 0 radical (unpaired) electrons. The SMILES string of the molecule is C[C@H](OC(=O)CCc1nc2ccccc2c(=O)[nH]1)c1nc(-c2cccnc2)no1. The lowest BCUT2D eigenvalue weighted by molar-refractivity contribution is -0.149. The van der Waals surface area contributed by atoms with Gasteiger partial charge in [0, 0.05) is 24.4 Å². The molecular formula is C20H17N5O4. The van der Waals surface area contributed by atoms with Gasteiger partial charge < -0.3 is 14.2 Å². The maximum atomic E-state index is 12.2. The van der Waals surface area contributed by atoms with Gasteiger partial charge in [-0.15, -0.1) is 0 Å². The van der Waals surface area contributed by atoms with Crippen molar-refractivity contribution in [2.75, 3.05) is 0 Å². The molecule has 9 nitrogen and oxygen atoms in total. The predicted molar refractivity (Wildman–Crippen MR) is 103 cm³/mol. The number of H-pyrrole nitrogens is 1. The molecule has 0 aliphatic rings. The number of para-hydroxylation sites is 1. The molecule has 9 heteroatoms. The van der Waals surface area contributed by atoms with Gasteiger partial charge in [-0.05, 0) is 31.2 Å². The van der Waals surface area contributed by atoms with Crippen LogP contribution in [0.3, 0.4) is 0 Å². The molecule has 0 saturated heterocycles. The fourth-order valence-corrected chi connectivity index (χ4v) is 2.79. The zero-order chi connectivity index (χ0) is 20.2. The van der Waals surface area contributed by atoms with Gasteiger partial charge in [0.2, 0.25) is 5.82 Å². The fraction of sp³-hybridized carbons (Fsp3) is 0.200. The number of pyridine rings is 1. The van der Waals surface area contributed by atoms with Crippen LogP contribution in [0.25, 0.3) is 22.3 Å². The maximum absolute atomic E-state index is 12.2. The van der Waals surface area contributed by atoms with Crippen LogP contribution < -0.4 is 5.56 Å². The Morgan fingerprint density at radius 1 is 1.21 bits per heavy atom. The molecule has 146 valence electrons. The van der Waals surface area contributed by atoms with E-state index in [2.05, 4.69) is 25.1 Å². The Morgan fingerprint density at radius 3 is 2.90 bits per heavy atom. The van der Waals surface area contributed by atoms with Gasteiger partial charge in [0.15, 0.2) is 6.10 Å². The minimum atomic E-state index is -0.705. The molecule has 0 spiro atoms. The van der Waals surface area contributed by atoms with Gasteiger partial charge in [0.05, 0.1) is 17.3 Å². The average Bonchev–Trinajstić information content (AvgIpc) is 3.23. The number of nitrogens with one attached hydrogen (secondary N) is 1. The molecule has 0 saturated carbocycles. The second-order valence-corrected chi connectivity index (χ2v) is 6.36. The van der Waals surface area contributed by atoms with Gasteiger partial charge >= 0.3 is 5.97 Å². The van der Waals surface area contributed by atoms with Crippen molar-refractivity contribution in [2.24, 2.45) is 0 Å². The molecule has 0 aliphatic heterocycles. The lowest BCUT2D eigenvalue weighted by atomic mass is 10.2. The normalized spacial score (nSPS) is 12.0. The minimum absolute atomic E-state index is 0.0508. The Kier molecular flexibility index (Phi) is 5.10. The number of aromatic amines is 1. The first kappa shape index (κ1) is 18.5. The van der Waals surface area contributed by atoms with Crippen molar-refractivity contribution < 1.29 is 14.1 Å². The van der Waals surface area contributed by atoms with E-state index in [1.807, 2.05) is 0 Å². The van der Waals surface area contributed by atoms with Crippen molar-refractivity contribution in [1.29, 1.82) is 0 Å². The third kappa shape index (κ3) is 4.18. The summed E-state index contributed by atoms with van der Waals surface area (Å²) in [6.45, 7) is 1.65. The number of hydrogen-bond donors (Lipinski definition) is 1. The van der Waals surface area contributed by atoms with Crippen LogP contribution in [0.15, 0.2) is 58.1 Å². The Morgan fingerprint density at radius 2 is 2.07 bits per heavy atom. The molecule has 1 aromatic carbocycles. The summed E-state index contributed by atoms with van der Waals surface area (Å²) in [4.78, 5) is 39.6. The predicted octanol–water partition coefficient (Wildman–Crippen LogP) is 2.61. The van der Waals surface area contributed by atoms with Crippen LogP contribution in [0, 0.1) is 0 Å². The van der Waals surface area contributed by atoms with Crippen LogP contribution in [0.2, 0.25) is 0 Å². The van der Waals surface area contributed by atoms with Crippen molar-refractivity contribution in [3.63, 3.8) is 0 Å². The number of carbonyl (C=O) groups is 1. The molecule has 0 unspecified atom stereocenters.